The van der Waals surface area contributed by atoms with Crippen molar-refractivity contribution in [1.29, 1.82) is 0 Å². The highest BCUT2D eigenvalue weighted by molar-refractivity contribution is 5.04. The average Bonchev–Trinajstić information content (AvgIpc) is 2.38. The van der Waals surface area contributed by atoms with Gasteiger partial charge >= 0.3 is 0 Å². The lowest BCUT2D eigenvalue weighted by atomic mass is 9.90. The van der Waals surface area contributed by atoms with E-state index in [4.69, 9.17) is 0 Å². The third kappa shape index (κ3) is 3.55. The molecule has 2 rings (SSSR count). The maximum atomic E-state index is 4.56. The van der Waals surface area contributed by atoms with Gasteiger partial charge in [-0.05, 0) is 32.3 Å². The number of aromatic nitrogens is 2. The first-order chi connectivity index (χ1) is 9.43. The summed E-state index contributed by atoms with van der Waals surface area (Å²) in [5, 5.41) is 3.73. The minimum absolute atomic E-state index is 0.216. The second kappa shape index (κ2) is 6.19. The van der Waals surface area contributed by atoms with E-state index in [0.29, 0.717) is 12.0 Å². The van der Waals surface area contributed by atoms with Crippen LogP contribution in [0, 0.1) is 12.8 Å². The second-order valence-electron chi connectivity index (χ2n) is 6.61. The predicted molar refractivity (Wildman–Crippen MR) is 82.5 cm³/mol. The van der Waals surface area contributed by atoms with Crippen LogP contribution in [-0.4, -0.2) is 39.5 Å². The zero-order valence-electron chi connectivity index (χ0n) is 13.5. The van der Waals surface area contributed by atoms with E-state index in [1.54, 1.807) is 0 Å². The number of aryl methyl sites for hydroxylation is 1. The third-order valence-corrected chi connectivity index (χ3v) is 4.51. The molecule has 1 aliphatic rings. The van der Waals surface area contributed by atoms with E-state index in [1.165, 1.54) is 0 Å². The smallest absolute Gasteiger partial charge is 0.125 e. The Balaban J connectivity index is 2.15. The number of nitrogens with zero attached hydrogens (tertiary/aromatic N) is 3. The van der Waals surface area contributed by atoms with Gasteiger partial charge in [0.05, 0.1) is 5.69 Å². The van der Waals surface area contributed by atoms with Gasteiger partial charge in [-0.15, -0.1) is 0 Å². The summed E-state index contributed by atoms with van der Waals surface area (Å²) in [5.41, 5.74) is 1.34. The summed E-state index contributed by atoms with van der Waals surface area (Å²) in [6, 6.07) is 2.61. The van der Waals surface area contributed by atoms with Crippen molar-refractivity contribution in [3.8, 4) is 0 Å². The van der Waals surface area contributed by atoms with E-state index in [1.807, 2.05) is 19.2 Å². The lowest BCUT2D eigenvalue weighted by Crippen LogP contribution is -2.63. The van der Waals surface area contributed by atoms with Crippen molar-refractivity contribution in [1.82, 2.24) is 20.2 Å². The molecule has 4 heteroatoms. The molecule has 0 amide bonds. The summed E-state index contributed by atoms with van der Waals surface area (Å²) in [5.74, 6) is 1.50. The number of hydrogen-bond acceptors (Lipinski definition) is 4. The largest absolute Gasteiger partial charge is 0.309 e. The van der Waals surface area contributed by atoms with Gasteiger partial charge in [-0.3, -0.25) is 4.90 Å². The molecule has 0 saturated carbocycles. The Morgan fingerprint density at radius 3 is 2.85 bits per heavy atom. The summed E-state index contributed by atoms with van der Waals surface area (Å²) in [6.07, 6.45) is 3.01. The Labute approximate surface area is 123 Å². The lowest BCUT2D eigenvalue weighted by Gasteiger charge is -2.47. The second-order valence-corrected chi connectivity index (χ2v) is 6.61. The van der Waals surface area contributed by atoms with Gasteiger partial charge in [-0.25, -0.2) is 9.97 Å². The Hall–Kier alpha value is -1.00. The normalized spacial score (nSPS) is 28.0. The van der Waals surface area contributed by atoms with Crippen LogP contribution in [-0.2, 0) is 6.54 Å². The van der Waals surface area contributed by atoms with Gasteiger partial charge in [0, 0.05) is 37.4 Å². The minimum Gasteiger partial charge on any atom is -0.309 e. The monoisotopic (exact) mass is 276 g/mol. The van der Waals surface area contributed by atoms with Crippen LogP contribution in [0.4, 0.5) is 0 Å². The number of nitrogens with one attached hydrogen (secondary N) is 1. The molecule has 20 heavy (non-hydrogen) atoms. The fourth-order valence-corrected chi connectivity index (χ4v) is 2.97. The Morgan fingerprint density at radius 1 is 1.50 bits per heavy atom. The van der Waals surface area contributed by atoms with Crippen LogP contribution in [0.2, 0.25) is 0 Å². The van der Waals surface area contributed by atoms with Gasteiger partial charge in [-0.1, -0.05) is 20.8 Å². The fourth-order valence-electron chi connectivity index (χ4n) is 2.97. The van der Waals surface area contributed by atoms with Crippen LogP contribution in [0.15, 0.2) is 12.3 Å². The molecule has 1 saturated heterocycles. The SMILES string of the molecule is CCC1(C)CN(Cc2ccnc(C)n2)C(C(C)C)CN1. The van der Waals surface area contributed by atoms with Crippen molar-refractivity contribution < 1.29 is 0 Å². The molecule has 1 fully saturated rings. The van der Waals surface area contributed by atoms with Crippen molar-refractivity contribution in [2.24, 2.45) is 5.92 Å². The Bertz CT molecular complexity index is 446. The molecule has 0 aliphatic carbocycles. The first-order valence-corrected chi connectivity index (χ1v) is 7.71. The summed E-state index contributed by atoms with van der Waals surface area (Å²) < 4.78 is 0. The van der Waals surface area contributed by atoms with Gasteiger partial charge < -0.3 is 5.32 Å². The van der Waals surface area contributed by atoms with Crippen LogP contribution < -0.4 is 5.32 Å². The molecule has 0 radical (unpaired) electrons. The average molecular weight is 276 g/mol. The highest BCUT2D eigenvalue weighted by atomic mass is 15.3. The van der Waals surface area contributed by atoms with E-state index in [-0.39, 0.29) is 5.54 Å². The van der Waals surface area contributed by atoms with Crippen LogP contribution >= 0.6 is 0 Å². The first-order valence-electron chi connectivity index (χ1n) is 7.71. The molecule has 2 unspecified atom stereocenters. The van der Waals surface area contributed by atoms with Crippen molar-refractivity contribution in [2.45, 2.75) is 59.2 Å². The van der Waals surface area contributed by atoms with Gasteiger partial charge in [0.25, 0.3) is 0 Å². The lowest BCUT2D eigenvalue weighted by molar-refractivity contribution is 0.0528. The minimum atomic E-state index is 0.216. The first kappa shape index (κ1) is 15.4. The zero-order chi connectivity index (χ0) is 14.8. The van der Waals surface area contributed by atoms with E-state index in [2.05, 4.69) is 47.9 Å². The zero-order valence-corrected chi connectivity index (χ0v) is 13.5. The van der Waals surface area contributed by atoms with Gasteiger partial charge in [0.15, 0.2) is 0 Å². The molecule has 4 nitrogen and oxygen atoms in total. The maximum Gasteiger partial charge on any atom is 0.125 e. The van der Waals surface area contributed by atoms with Crippen molar-refractivity contribution in [2.75, 3.05) is 13.1 Å². The molecule has 2 atom stereocenters. The van der Waals surface area contributed by atoms with Crippen LogP contribution in [0.1, 0.15) is 45.6 Å². The molecule has 0 bridgehead atoms. The van der Waals surface area contributed by atoms with E-state index in [0.717, 1.165) is 37.6 Å². The molecule has 1 N–H and O–H groups in total. The van der Waals surface area contributed by atoms with Crippen molar-refractivity contribution in [3.05, 3.63) is 23.8 Å². The Morgan fingerprint density at radius 2 is 2.25 bits per heavy atom. The van der Waals surface area contributed by atoms with E-state index in [9.17, 15) is 0 Å². The fraction of sp³-hybridized carbons (Fsp3) is 0.750. The molecule has 2 heterocycles. The highest BCUT2D eigenvalue weighted by Gasteiger charge is 2.35. The summed E-state index contributed by atoms with van der Waals surface area (Å²) in [4.78, 5) is 11.3. The third-order valence-electron chi connectivity index (χ3n) is 4.51. The summed E-state index contributed by atoms with van der Waals surface area (Å²) in [7, 11) is 0. The van der Waals surface area contributed by atoms with Crippen molar-refractivity contribution in [3.63, 3.8) is 0 Å². The number of rotatable bonds is 4. The number of hydrogen-bond donors (Lipinski definition) is 1. The topological polar surface area (TPSA) is 41.1 Å². The molecule has 1 aliphatic heterocycles. The molecule has 1 aromatic rings. The standard InChI is InChI=1S/C16H28N4/c1-6-16(5)11-20(15(9-18-16)12(2)3)10-14-7-8-17-13(4)19-14/h7-8,12,15,18H,6,9-11H2,1-5H3. The van der Waals surface area contributed by atoms with E-state index >= 15 is 0 Å². The molecular formula is C16H28N4. The van der Waals surface area contributed by atoms with Crippen LogP contribution in [0.3, 0.4) is 0 Å². The summed E-state index contributed by atoms with van der Waals surface area (Å²) in [6.45, 7) is 14.2. The van der Waals surface area contributed by atoms with Gasteiger partial charge in [0.1, 0.15) is 5.82 Å². The van der Waals surface area contributed by atoms with Crippen molar-refractivity contribution >= 4 is 0 Å². The molecule has 112 valence electrons. The predicted octanol–water partition coefficient (Wildman–Crippen LogP) is 2.38. The molecule has 1 aromatic heterocycles. The van der Waals surface area contributed by atoms with Gasteiger partial charge in [-0.2, -0.15) is 0 Å². The summed E-state index contributed by atoms with van der Waals surface area (Å²) >= 11 is 0. The molecular weight excluding hydrogens is 248 g/mol. The Kier molecular flexibility index (Phi) is 4.76. The van der Waals surface area contributed by atoms with E-state index < -0.39 is 0 Å². The van der Waals surface area contributed by atoms with Crippen LogP contribution in [0.25, 0.3) is 0 Å². The number of piperazine rings is 1. The molecule has 0 aromatic carbocycles. The quantitative estimate of drug-likeness (QED) is 0.917. The molecule has 0 spiro atoms. The maximum absolute atomic E-state index is 4.56. The van der Waals surface area contributed by atoms with Crippen LogP contribution in [0.5, 0.6) is 0 Å². The van der Waals surface area contributed by atoms with Gasteiger partial charge in [0.2, 0.25) is 0 Å². The highest BCUT2D eigenvalue weighted by Crippen LogP contribution is 2.24.